The molecule has 0 atom stereocenters. The molecule has 1 rings (SSSR count). The van der Waals surface area contributed by atoms with Gasteiger partial charge in [-0.1, -0.05) is 18.5 Å². The molecule has 0 radical (unpaired) electrons. The molecule has 1 aromatic heterocycles. The van der Waals surface area contributed by atoms with Crippen LogP contribution in [0.1, 0.15) is 12.5 Å². The van der Waals surface area contributed by atoms with Gasteiger partial charge in [-0.3, -0.25) is 0 Å². The van der Waals surface area contributed by atoms with Crippen molar-refractivity contribution in [2.24, 2.45) is 0 Å². The molecular formula is C6H7ClN2S. The molecule has 0 saturated heterocycles. The number of hydrogen-bond acceptors (Lipinski definition) is 2. The molecule has 0 aromatic carbocycles. The number of hydrogen-bond donors (Lipinski definition) is 1. The Balaban J connectivity index is 3.19. The Morgan fingerprint density at radius 3 is 3.00 bits per heavy atom. The number of nitrogens with one attached hydrogen (secondary N) is 1. The van der Waals surface area contributed by atoms with Crippen molar-refractivity contribution in [1.29, 1.82) is 0 Å². The standard InChI is InChI=1S/C6H7ClN2S/c1-2-4-3-8-6(10)9-5(4)7/h3H,2H2,1H3,(H,8,9,10). The molecular weight excluding hydrogens is 168 g/mol. The summed E-state index contributed by atoms with van der Waals surface area (Å²) in [5.41, 5.74) is 0.996. The summed E-state index contributed by atoms with van der Waals surface area (Å²) in [6.45, 7) is 2.01. The summed E-state index contributed by atoms with van der Waals surface area (Å²) in [5.74, 6) is 0. The minimum Gasteiger partial charge on any atom is -0.321 e. The van der Waals surface area contributed by atoms with Gasteiger partial charge in [0.1, 0.15) is 5.15 Å². The molecule has 1 aromatic rings. The summed E-state index contributed by atoms with van der Waals surface area (Å²) < 4.78 is 0.433. The summed E-state index contributed by atoms with van der Waals surface area (Å²) in [4.78, 5) is 6.64. The van der Waals surface area contributed by atoms with E-state index in [-0.39, 0.29) is 0 Å². The maximum absolute atomic E-state index is 5.77. The van der Waals surface area contributed by atoms with Crippen LogP contribution in [0.2, 0.25) is 5.15 Å². The SMILES string of the molecule is CCc1cnc(=S)[nH]c1Cl. The molecule has 1 heterocycles. The summed E-state index contributed by atoms with van der Waals surface area (Å²) in [6.07, 6.45) is 2.57. The molecule has 0 spiro atoms. The van der Waals surface area contributed by atoms with Gasteiger partial charge in [0.05, 0.1) is 0 Å². The second kappa shape index (κ2) is 3.12. The van der Waals surface area contributed by atoms with Gasteiger partial charge >= 0.3 is 0 Å². The van der Waals surface area contributed by atoms with E-state index < -0.39 is 0 Å². The van der Waals surface area contributed by atoms with E-state index in [9.17, 15) is 0 Å². The highest BCUT2D eigenvalue weighted by Gasteiger charge is 1.95. The topological polar surface area (TPSA) is 28.7 Å². The van der Waals surface area contributed by atoms with Crippen molar-refractivity contribution in [2.75, 3.05) is 0 Å². The molecule has 54 valence electrons. The van der Waals surface area contributed by atoms with Crippen LogP contribution in [-0.4, -0.2) is 9.97 Å². The summed E-state index contributed by atoms with van der Waals surface area (Å²) >= 11 is 10.5. The summed E-state index contributed by atoms with van der Waals surface area (Å²) in [7, 11) is 0. The van der Waals surface area contributed by atoms with Crippen molar-refractivity contribution in [3.8, 4) is 0 Å². The smallest absolute Gasteiger partial charge is 0.197 e. The van der Waals surface area contributed by atoms with Crippen LogP contribution in [0.3, 0.4) is 0 Å². The van der Waals surface area contributed by atoms with Gasteiger partial charge in [0.2, 0.25) is 0 Å². The van der Waals surface area contributed by atoms with E-state index in [2.05, 4.69) is 9.97 Å². The van der Waals surface area contributed by atoms with Gasteiger partial charge in [0.15, 0.2) is 4.77 Å². The minimum atomic E-state index is 0.433. The second-order valence-electron chi connectivity index (χ2n) is 1.88. The Morgan fingerprint density at radius 1 is 1.80 bits per heavy atom. The number of aromatic amines is 1. The highest BCUT2D eigenvalue weighted by atomic mass is 35.5. The third-order valence-electron chi connectivity index (χ3n) is 1.22. The molecule has 0 aliphatic carbocycles. The lowest BCUT2D eigenvalue weighted by atomic mass is 10.3. The quantitative estimate of drug-likeness (QED) is 0.523. The lowest BCUT2D eigenvalue weighted by molar-refractivity contribution is 1.03. The van der Waals surface area contributed by atoms with Crippen LogP contribution in [-0.2, 0) is 6.42 Å². The zero-order valence-electron chi connectivity index (χ0n) is 5.52. The zero-order valence-corrected chi connectivity index (χ0v) is 7.09. The zero-order chi connectivity index (χ0) is 7.56. The Bertz CT molecular complexity index is 281. The molecule has 1 N–H and O–H groups in total. The Kier molecular flexibility index (Phi) is 2.40. The van der Waals surface area contributed by atoms with Crippen LogP contribution >= 0.6 is 23.8 Å². The molecule has 0 fully saturated rings. The first-order valence-electron chi connectivity index (χ1n) is 2.97. The van der Waals surface area contributed by atoms with Crippen LogP contribution in [0.25, 0.3) is 0 Å². The van der Waals surface area contributed by atoms with Gasteiger partial charge in [-0.25, -0.2) is 4.98 Å². The van der Waals surface area contributed by atoms with Crippen molar-refractivity contribution in [3.05, 3.63) is 21.7 Å². The maximum atomic E-state index is 5.77. The van der Waals surface area contributed by atoms with Gasteiger partial charge in [-0.2, -0.15) is 0 Å². The third-order valence-corrected chi connectivity index (χ3v) is 1.76. The molecule has 0 saturated carbocycles. The van der Waals surface area contributed by atoms with E-state index in [0.717, 1.165) is 12.0 Å². The van der Waals surface area contributed by atoms with Crippen molar-refractivity contribution in [2.45, 2.75) is 13.3 Å². The van der Waals surface area contributed by atoms with Gasteiger partial charge in [-0.05, 0) is 18.6 Å². The Morgan fingerprint density at radius 2 is 2.50 bits per heavy atom. The van der Waals surface area contributed by atoms with E-state index in [1.54, 1.807) is 6.20 Å². The first kappa shape index (κ1) is 7.69. The third kappa shape index (κ3) is 1.55. The monoisotopic (exact) mass is 174 g/mol. The number of nitrogens with zero attached hydrogens (tertiary/aromatic N) is 1. The molecule has 0 aliphatic rings. The highest BCUT2D eigenvalue weighted by molar-refractivity contribution is 7.71. The maximum Gasteiger partial charge on any atom is 0.197 e. The van der Waals surface area contributed by atoms with E-state index in [1.807, 2.05) is 6.92 Å². The van der Waals surface area contributed by atoms with Gasteiger partial charge in [-0.15, -0.1) is 0 Å². The molecule has 0 unspecified atom stereocenters. The van der Waals surface area contributed by atoms with Gasteiger partial charge in [0, 0.05) is 11.8 Å². The number of halogens is 1. The minimum absolute atomic E-state index is 0.433. The van der Waals surface area contributed by atoms with Gasteiger partial charge < -0.3 is 4.98 Å². The van der Waals surface area contributed by atoms with Crippen LogP contribution in [0.15, 0.2) is 6.20 Å². The number of H-pyrrole nitrogens is 1. The fourth-order valence-corrected chi connectivity index (χ4v) is 1.13. The Labute approximate surface area is 69.3 Å². The van der Waals surface area contributed by atoms with Crippen molar-refractivity contribution >= 4 is 23.8 Å². The molecule has 10 heavy (non-hydrogen) atoms. The summed E-state index contributed by atoms with van der Waals surface area (Å²) in [6, 6.07) is 0. The number of aromatic nitrogens is 2. The summed E-state index contributed by atoms with van der Waals surface area (Å²) in [5, 5.41) is 0.600. The fourth-order valence-electron chi connectivity index (χ4n) is 0.646. The first-order chi connectivity index (χ1) is 4.74. The lowest BCUT2D eigenvalue weighted by Crippen LogP contribution is -1.88. The molecule has 4 heteroatoms. The average molecular weight is 175 g/mol. The van der Waals surface area contributed by atoms with E-state index in [0.29, 0.717) is 9.92 Å². The molecule has 0 amide bonds. The predicted octanol–water partition coefficient (Wildman–Crippen LogP) is 2.35. The van der Waals surface area contributed by atoms with Crippen LogP contribution in [0.4, 0.5) is 0 Å². The van der Waals surface area contributed by atoms with E-state index >= 15 is 0 Å². The number of rotatable bonds is 1. The van der Waals surface area contributed by atoms with E-state index in [1.165, 1.54) is 0 Å². The van der Waals surface area contributed by atoms with Crippen molar-refractivity contribution < 1.29 is 0 Å². The highest BCUT2D eigenvalue weighted by Crippen LogP contribution is 2.10. The molecule has 0 aliphatic heterocycles. The largest absolute Gasteiger partial charge is 0.321 e. The number of aryl methyl sites for hydroxylation is 1. The molecule has 0 bridgehead atoms. The first-order valence-corrected chi connectivity index (χ1v) is 3.76. The molecule has 2 nitrogen and oxygen atoms in total. The predicted molar refractivity (Wildman–Crippen MR) is 43.8 cm³/mol. The Hall–Kier alpha value is -0.410. The fraction of sp³-hybridized carbons (Fsp3) is 0.333. The lowest BCUT2D eigenvalue weighted by Gasteiger charge is -1.96. The van der Waals surface area contributed by atoms with Crippen LogP contribution in [0, 0.1) is 4.77 Å². The van der Waals surface area contributed by atoms with Crippen LogP contribution < -0.4 is 0 Å². The van der Waals surface area contributed by atoms with Crippen molar-refractivity contribution in [1.82, 2.24) is 9.97 Å². The average Bonchev–Trinajstić information content (AvgIpc) is 1.88. The van der Waals surface area contributed by atoms with Crippen LogP contribution in [0.5, 0.6) is 0 Å². The second-order valence-corrected chi connectivity index (χ2v) is 2.65. The van der Waals surface area contributed by atoms with Crippen molar-refractivity contribution in [3.63, 3.8) is 0 Å². The van der Waals surface area contributed by atoms with Gasteiger partial charge in [0.25, 0.3) is 0 Å². The van der Waals surface area contributed by atoms with E-state index in [4.69, 9.17) is 23.8 Å². The normalized spacial score (nSPS) is 9.80.